The van der Waals surface area contributed by atoms with Gasteiger partial charge >= 0.3 is 24.9 Å². The van der Waals surface area contributed by atoms with Gasteiger partial charge in [-0.1, -0.05) is 44.7 Å². The minimum atomic E-state index is -5.10. The maximum absolute atomic E-state index is 16.0. The van der Waals surface area contributed by atoms with Gasteiger partial charge in [0.25, 0.3) is 5.91 Å². The fourth-order valence-corrected chi connectivity index (χ4v) is 9.40. The lowest BCUT2D eigenvalue weighted by Crippen LogP contribution is -2.63. The number of fused-ring (bicyclic) bond motifs is 2. The topological polar surface area (TPSA) is 223 Å². The molecule has 2 bridgehead atoms. The number of hydrogen-bond acceptors (Lipinski definition) is 14. The number of amides is 4. The van der Waals surface area contributed by atoms with Gasteiger partial charge in [-0.15, -0.1) is 0 Å². The van der Waals surface area contributed by atoms with Gasteiger partial charge in [0.2, 0.25) is 5.91 Å². The van der Waals surface area contributed by atoms with E-state index in [0.717, 1.165) is 76.3 Å². The molecule has 7 N–H and O–H groups in total. The number of carbonyl (C=O) groups is 4. The van der Waals surface area contributed by atoms with Crippen LogP contribution in [0.5, 0.6) is 0 Å². The standard InChI is InChI=1S/C53H65F7N10O8/c1-51(2,3)44(65-49(74)76-6)47(73)67-69(26-38-39(54)19-33(20-40(38)55)34(21-61)23-63-48(56)57)27-42(71)41(64-46(72)45(66-50(75)77-7)52(4,5)53(58,59)60)18-31-11-8-30(9-12-31)10-13-32-14-17-43(62-22-32)68-24-35-15-16-36(25-68)70(35)37-28-78-29-37/h8-9,11-12,14,17,19-23,35-37,41-42,44-45,48,61,63,71H,15-16,18,24-29H2,1-7H3,(H,64,72)(H,65,74)(H,66,75)(H,67,73)/b34-23+,61-21?/t35?,36?,41-,42-,44+,45?/m0/s1. The Morgan fingerprint density at radius 1 is 0.859 bits per heavy atom. The molecular formula is C53H65F7N10O8. The van der Waals surface area contributed by atoms with Crippen LogP contribution in [0.25, 0.3) is 5.57 Å². The van der Waals surface area contributed by atoms with Crippen LogP contribution in [0, 0.1) is 39.7 Å². The van der Waals surface area contributed by atoms with Crippen LogP contribution in [0.1, 0.15) is 75.3 Å². The number of pyridine rings is 1. The molecule has 0 saturated carbocycles. The second-order valence-electron chi connectivity index (χ2n) is 20.9. The quantitative estimate of drug-likeness (QED) is 0.0241. The largest absolute Gasteiger partial charge is 0.453 e. The summed E-state index contributed by atoms with van der Waals surface area (Å²) < 4.78 is 116. The number of aliphatic hydroxyl groups is 1. The van der Waals surface area contributed by atoms with E-state index in [4.69, 9.17) is 15.1 Å². The van der Waals surface area contributed by atoms with Gasteiger partial charge in [0.15, 0.2) is 0 Å². The number of alkyl carbamates (subject to hydrolysis) is 2. The lowest BCUT2D eigenvalue weighted by molar-refractivity contribution is -0.220. The molecule has 0 radical (unpaired) electrons. The van der Waals surface area contributed by atoms with Gasteiger partial charge < -0.3 is 50.9 Å². The molecule has 18 nitrogen and oxygen atoms in total. The molecule has 2 aromatic carbocycles. The predicted molar refractivity (Wildman–Crippen MR) is 273 cm³/mol. The molecule has 6 rings (SSSR count). The Kier molecular flexibility index (Phi) is 19.8. The molecule has 4 amide bonds. The van der Waals surface area contributed by atoms with E-state index in [2.05, 4.69) is 47.2 Å². The maximum atomic E-state index is 16.0. The van der Waals surface area contributed by atoms with E-state index in [9.17, 15) is 46.2 Å². The van der Waals surface area contributed by atoms with E-state index < -0.39 is 102 Å². The zero-order chi connectivity index (χ0) is 57.3. The Morgan fingerprint density at radius 2 is 1.44 bits per heavy atom. The van der Waals surface area contributed by atoms with Crippen LogP contribution in [0.15, 0.2) is 60.9 Å². The highest BCUT2D eigenvalue weighted by atomic mass is 19.4. The number of rotatable bonds is 20. The monoisotopic (exact) mass is 1100 g/mol. The van der Waals surface area contributed by atoms with Gasteiger partial charge in [0.1, 0.15) is 29.5 Å². The van der Waals surface area contributed by atoms with Gasteiger partial charge in [0.05, 0.1) is 51.0 Å². The third kappa shape index (κ3) is 15.2. The van der Waals surface area contributed by atoms with E-state index >= 15 is 8.78 Å². The normalized spacial score (nSPS) is 18.6. The molecule has 0 spiro atoms. The average molecular weight is 1100 g/mol. The Morgan fingerprint density at radius 3 is 1.94 bits per heavy atom. The lowest BCUT2D eigenvalue weighted by atomic mass is 9.82. The van der Waals surface area contributed by atoms with Crippen molar-refractivity contribution in [2.45, 2.75) is 116 Å². The summed E-state index contributed by atoms with van der Waals surface area (Å²) in [6.45, 7) is 4.48. The molecule has 1 aromatic heterocycles. The summed E-state index contributed by atoms with van der Waals surface area (Å²) in [4.78, 5) is 62.6. The number of nitrogens with one attached hydrogen (secondary N) is 6. The number of hydrazine groups is 1. The highest BCUT2D eigenvalue weighted by Crippen LogP contribution is 2.41. The fraction of sp³-hybridized carbons (Fsp3) is 0.509. The molecular weight excluding hydrogens is 1040 g/mol. The van der Waals surface area contributed by atoms with Crippen molar-refractivity contribution in [3.63, 3.8) is 0 Å². The molecule has 4 heterocycles. The van der Waals surface area contributed by atoms with Gasteiger partial charge in [-0.3, -0.25) is 19.9 Å². The number of methoxy groups -OCH3 is 2. The number of halogens is 7. The molecule has 3 unspecified atom stereocenters. The molecule has 424 valence electrons. The minimum Gasteiger partial charge on any atom is -0.453 e. The van der Waals surface area contributed by atoms with Gasteiger partial charge in [0, 0.05) is 79.1 Å². The Balaban J connectivity index is 1.29. The third-order valence-electron chi connectivity index (χ3n) is 14.0. The number of allylic oxidation sites excluding steroid dienone is 1. The number of hydrogen-bond donors (Lipinski definition) is 7. The van der Waals surface area contributed by atoms with E-state index in [1.165, 1.54) is 0 Å². The van der Waals surface area contributed by atoms with E-state index in [-0.39, 0.29) is 17.6 Å². The molecule has 6 atom stereocenters. The predicted octanol–water partition coefficient (Wildman–Crippen LogP) is 5.62. The highest BCUT2D eigenvalue weighted by Gasteiger charge is 2.56. The number of alkyl halides is 5. The number of anilines is 1. The molecule has 3 aliphatic rings. The second-order valence-corrected chi connectivity index (χ2v) is 20.9. The van der Waals surface area contributed by atoms with Crippen LogP contribution in [-0.2, 0) is 36.8 Å². The van der Waals surface area contributed by atoms with Crippen molar-refractivity contribution < 1.29 is 69.2 Å². The summed E-state index contributed by atoms with van der Waals surface area (Å²) in [5, 5.41) is 28.9. The Bertz CT molecular complexity index is 2670. The number of aromatic nitrogens is 1. The number of aliphatic hydroxyl groups excluding tert-OH is 1. The number of piperazine rings is 1. The van der Waals surface area contributed by atoms with Crippen LogP contribution in [0.2, 0.25) is 0 Å². The molecule has 0 aliphatic carbocycles. The van der Waals surface area contributed by atoms with Crippen LogP contribution < -0.4 is 31.6 Å². The van der Waals surface area contributed by atoms with Crippen molar-refractivity contribution in [2.24, 2.45) is 10.8 Å². The van der Waals surface area contributed by atoms with Crippen LogP contribution in [0.3, 0.4) is 0 Å². The zero-order valence-corrected chi connectivity index (χ0v) is 44.1. The molecule has 3 saturated heterocycles. The summed E-state index contributed by atoms with van der Waals surface area (Å²) >= 11 is 0. The first kappa shape index (κ1) is 60.2. The van der Waals surface area contributed by atoms with Crippen LogP contribution >= 0.6 is 0 Å². The van der Waals surface area contributed by atoms with E-state index in [1.807, 2.05) is 17.4 Å². The molecule has 25 heteroatoms. The summed E-state index contributed by atoms with van der Waals surface area (Å²) in [6, 6.07) is 7.66. The zero-order valence-electron chi connectivity index (χ0n) is 44.1. The summed E-state index contributed by atoms with van der Waals surface area (Å²) in [6.07, 6.45) is -4.61. The van der Waals surface area contributed by atoms with Crippen LogP contribution in [0.4, 0.5) is 46.1 Å². The van der Waals surface area contributed by atoms with Crippen LogP contribution in [-0.4, -0.2) is 152 Å². The molecule has 3 aliphatic heterocycles. The van der Waals surface area contributed by atoms with Crippen molar-refractivity contribution in [2.75, 3.05) is 52.0 Å². The highest BCUT2D eigenvalue weighted by molar-refractivity contribution is 6.08. The molecule has 78 heavy (non-hydrogen) atoms. The van der Waals surface area contributed by atoms with Crippen molar-refractivity contribution in [3.8, 4) is 11.8 Å². The molecule has 3 aromatic rings. The minimum absolute atomic E-state index is 0.336. The van der Waals surface area contributed by atoms with Crippen molar-refractivity contribution >= 4 is 41.6 Å². The van der Waals surface area contributed by atoms with Gasteiger partial charge in [-0.05, 0) is 86.1 Å². The second kappa shape index (κ2) is 25.6. The first-order chi connectivity index (χ1) is 36.7. The first-order valence-corrected chi connectivity index (χ1v) is 24.9. The lowest BCUT2D eigenvalue weighted by Gasteiger charge is -2.47. The summed E-state index contributed by atoms with van der Waals surface area (Å²) in [5.74, 6) is 1.98. The number of ether oxygens (including phenoxy) is 3. The first-order valence-electron chi connectivity index (χ1n) is 24.9. The van der Waals surface area contributed by atoms with Crippen molar-refractivity contribution in [1.29, 1.82) is 5.41 Å². The average Bonchev–Trinajstić information content (AvgIpc) is 3.65. The Labute approximate surface area is 447 Å². The van der Waals surface area contributed by atoms with E-state index in [0.29, 0.717) is 61.1 Å². The summed E-state index contributed by atoms with van der Waals surface area (Å²) in [5.41, 5.74) is -1.47. The number of nitrogens with zero attached hydrogens (tertiary/aromatic N) is 4. The maximum Gasteiger partial charge on any atom is 0.407 e. The Hall–Kier alpha value is -7.01. The number of carbonyl (C=O) groups excluding carboxylic acids is 4. The summed E-state index contributed by atoms with van der Waals surface area (Å²) in [7, 11) is 1.91. The van der Waals surface area contributed by atoms with Crippen molar-refractivity contribution in [3.05, 3.63) is 100 Å². The third-order valence-corrected chi connectivity index (χ3v) is 14.0. The molecule has 3 fully saturated rings. The van der Waals surface area contributed by atoms with Gasteiger partial charge in [-0.2, -0.15) is 22.0 Å². The number of benzene rings is 2. The van der Waals surface area contributed by atoms with E-state index in [1.54, 1.807) is 56.6 Å². The smallest absolute Gasteiger partial charge is 0.407 e. The fourth-order valence-electron chi connectivity index (χ4n) is 9.40. The SMILES string of the molecule is COC(=O)NC(C(=O)N[C@@H](Cc1ccc(C#Cc2ccc(N3CC4CCC(C3)N4C3COC3)nc2)cc1)[C@@H](O)CN(Cc1c(F)cc(/C(C=N)=C/NC(F)F)cc1F)NC(=O)[C@@H](NC(=O)OC)C(C)(C)C)C(C)(C)C(F)(F)F. The van der Waals surface area contributed by atoms with Crippen molar-refractivity contribution in [1.82, 2.24) is 41.6 Å². The van der Waals surface area contributed by atoms with Gasteiger partial charge in [-0.25, -0.2) is 28.4 Å².